The molecule has 1 aromatic carbocycles. The molecule has 98 valence electrons. The summed E-state index contributed by atoms with van der Waals surface area (Å²) >= 11 is 0. The van der Waals surface area contributed by atoms with Gasteiger partial charge in [0.1, 0.15) is 11.9 Å². The van der Waals surface area contributed by atoms with Gasteiger partial charge in [0.2, 0.25) is 0 Å². The van der Waals surface area contributed by atoms with Gasteiger partial charge in [-0.3, -0.25) is 4.90 Å². The molecule has 0 N–H and O–H groups in total. The van der Waals surface area contributed by atoms with Gasteiger partial charge in [-0.25, -0.2) is 4.39 Å². The van der Waals surface area contributed by atoms with E-state index >= 15 is 0 Å². The second kappa shape index (κ2) is 6.59. The van der Waals surface area contributed by atoms with Gasteiger partial charge in [0.25, 0.3) is 0 Å². The van der Waals surface area contributed by atoms with E-state index in [-0.39, 0.29) is 5.56 Å². The van der Waals surface area contributed by atoms with Crippen LogP contribution in [0.1, 0.15) is 25.5 Å². The number of hydrogen-bond acceptors (Lipinski definition) is 1. The molecule has 0 aromatic heterocycles. The Morgan fingerprint density at radius 1 is 1.00 bits per heavy atom. The van der Waals surface area contributed by atoms with Gasteiger partial charge in [-0.2, -0.15) is 13.2 Å². The van der Waals surface area contributed by atoms with Gasteiger partial charge in [-0.15, -0.1) is 0 Å². The summed E-state index contributed by atoms with van der Waals surface area (Å²) in [5.74, 6) is -0.543. The minimum absolute atomic E-state index is 0.0360. The molecule has 1 atom stereocenters. The van der Waals surface area contributed by atoms with E-state index in [4.69, 9.17) is 0 Å². The molecule has 0 spiro atoms. The standard InChI is InChI=1S/C10H11F4N.C2H6/c1-15(2)9(10(12,13)14)7-3-5-8(11)6-4-7;1-2/h3-6,9H,1-2H3;1-2H3/t9-;/m1./s1. The molecule has 5 heteroatoms. The summed E-state index contributed by atoms with van der Waals surface area (Å²) < 4.78 is 50.4. The topological polar surface area (TPSA) is 3.24 Å². The highest BCUT2D eigenvalue weighted by Gasteiger charge is 2.42. The second-order valence-electron chi connectivity index (χ2n) is 3.46. The fourth-order valence-electron chi connectivity index (χ4n) is 1.42. The number of alkyl halides is 3. The van der Waals surface area contributed by atoms with Gasteiger partial charge in [0.15, 0.2) is 0 Å². The van der Waals surface area contributed by atoms with Crippen molar-refractivity contribution >= 4 is 0 Å². The van der Waals surface area contributed by atoms with Crippen molar-refractivity contribution in [2.45, 2.75) is 26.1 Å². The highest BCUT2D eigenvalue weighted by molar-refractivity contribution is 5.21. The van der Waals surface area contributed by atoms with Crippen LogP contribution in [0.4, 0.5) is 17.6 Å². The van der Waals surface area contributed by atoms with Crippen LogP contribution in [0.25, 0.3) is 0 Å². The predicted octanol–water partition coefficient (Wildman–Crippen LogP) is 4.02. The van der Waals surface area contributed by atoms with Crippen LogP contribution < -0.4 is 0 Å². The fraction of sp³-hybridized carbons (Fsp3) is 0.500. The average Bonchev–Trinajstić information content (AvgIpc) is 2.22. The van der Waals surface area contributed by atoms with E-state index < -0.39 is 18.0 Å². The minimum atomic E-state index is -4.36. The maximum atomic E-state index is 12.6. The third-order valence-electron chi connectivity index (χ3n) is 2.01. The van der Waals surface area contributed by atoms with E-state index in [1.165, 1.54) is 14.1 Å². The summed E-state index contributed by atoms with van der Waals surface area (Å²) in [5, 5.41) is 0. The highest BCUT2D eigenvalue weighted by Crippen LogP contribution is 2.35. The van der Waals surface area contributed by atoms with Gasteiger partial charge in [-0.1, -0.05) is 26.0 Å². The van der Waals surface area contributed by atoms with Crippen molar-refractivity contribution in [2.75, 3.05) is 14.1 Å². The van der Waals surface area contributed by atoms with Crippen molar-refractivity contribution in [3.05, 3.63) is 35.6 Å². The van der Waals surface area contributed by atoms with Crippen molar-refractivity contribution in [2.24, 2.45) is 0 Å². The summed E-state index contributed by atoms with van der Waals surface area (Å²) in [7, 11) is 2.67. The van der Waals surface area contributed by atoms with Crippen molar-refractivity contribution in [1.29, 1.82) is 0 Å². The predicted molar refractivity (Wildman–Crippen MR) is 60.2 cm³/mol. The Morgan fingerprint density at radius 2 is 1.41 bits per heavy atom. The van der Waals surface area contributed by atoms with E-state index in [9.17, 15) is 17.6 Å². The van der Waals surface area contributed by atoms with Crippen LogP contribution in [0.2, 0.25) is 0 Å². The molecular formula is C12H17F4N. The average molecular weight is 251 g/mol. The van der Waals surface area contributed by atoms with E-state index in [0.717, 1.165) is 29.2 Å². The first-order chi connectivity index (χ1) is 7.82. The molecule has 0 heterocycles. The van der Waals surface area contributed by atoms with Gasteiger partial charge in [-0.05, 0) is 31.8 Å². The lowest BCUT2D eigenvalue weighted by atomic mass is 10.1. The number of halogens is 4. The Hall–Kier alpha value is -1.10. The normalized spacial score (nSPS) is 13.0. The maximum absolute atomic E-state index is 12.6. The van der Waals surface area contributed by atoms with E-state index in [2.05, 4.69) is 0 Å². The molecule has 0 bridgehead atoms. The van der Waals surface area contributed by atoms with Crippen LogP contribution in [0.5, 0.6) is 0 Å². The van der Waals surface area contributed by atoms with Crippen LogP contribution in [0, 0.1) is 5.82 Å². The number of hydrogen-bond donors (Lipinski definition) is 0. The molecule has 17 heavy (non-hydrogen) atoms. The fourth-order valence-corrected chi connectivity index (χ4v) is 1.42. The molecule has 0 unspecified atom stereocenters. The largest absolute Gasteiger partial charge is 0.408 e. The SMILES string of the molecule is CC.CN(C)[C@H](c1ccc(F)cc1)C(F)(F)F. The van der Waals surface area contributed by atoms with Crippen molar-refractivity contribution in [3.63, 3.8) is 0 Å². The first kappa shape index (κ1) is 15.9. The minimum Gasteiger partial charge on any atom is -0.295 e. The summed E-state index contributed by atoms with van der Waals surface area (Å²) in [6.45, 7) is 4.00. The molecule has 0 aliphatic carbocycles. The monoisotopic (exact) mass is 251 g/mol. The molecule has 1 aromatic rings. The molecule has 0 saturated heterocycles. The quantitative estimate of drug-likeness (QED) is 0.718. The first-order valence-corrected chi connectivity index (χ1v) is 5.31. The Bertz CT molecular complexity index is 316. The summed E-state index contributed by atoms with van der Waals surface area (Å²) in [6.07, 6.45) is -4.36. The molecule has 0 aliphatic rings. The lowest BCUT2D eigenvalue weighted by Gasteiger charge is -2.26. The van der Waals surface area contributed by atoms with Crippen LogP contribution >= 0.6 is 0 Å². The first-order valence-electron chi connectivity index (χ1n) is 5.31. The second-order valence-corrected chi connectivity index (χ2v) is 3.46. The summed E-state index contributed by atoms with van der Waals surface area (Å²) in [6, 6.07) is 2.65. The van der Waals surface area contributed by atoms with Crippen molar-refractivity contribution < 1.29 is 17.6 Å². The molecule has 0 saturated carbocycles. The molecule has 0 fully saturated rings. The van der Waals surface area contributed by atoms with Crippen molar-refractivity contribution in [1.82, 2.24) is 4.90 Å². The van der Waals surface area contributed by atoms with Crippen LogP contribution in [-0.4, -0.2) is 25.2 Å². The molecular weight excluding hydrogens is 234 g/mol. The lowest BCUT2D eigenvalue weighted by Crippen LogP contribution is -2.33. The Balaban J connectivity index is 0.00000121. The molecule has 0 radical (unpaired) electrons. The van der Waals surface area contributed by atoms with E-state index in [1.807, 2.05) is 13.8 Å². The van der Waals surface area contributed by atoms with E-state index in [0.29, 0.717) is 0 Å². The number of benzene rings is 1. The van der Waals surface area contributed by atoms with Crippen LogP contribution in [0.3, 0.4) is 0 Å². The van der Waals surface area contributed by atoms with Crippen molar-refractivity contribution in [3.8, 4) is 0 Å². The zero-order valence-electron chi connectivity index (χ0n) is 10.3. The Labute approximate surface area is 99.0 Å². The number of nitrogens with zero attached hydrogens (tertiary/aromatic N) is 1. The third-order valence-corrected chi connectivity index (χ3v) is 2.01. The summed E-state index contributed by atoms with van der Waals surface area (Å²) in [4.78, 5) is 1.05. The summed E-state index contributed by atoms with van der Waals surface area (Å²) in [5.41, 5.74) is 0.0360. The van der Waals surface area contributed by atoms with E-state index in [1.54, 1.807) is 0 Å². The lowest BCUT2D eigenvalue weighted by molar-refractivity contribution is -0.179. The highest BCUT2D eigenvalue weighted by atomic mass is 19.4. The van der Waals surface area contributed by atoms with Gasteiger partial charge < -0.3 is 0 Å². The number of rotatable bonds is 2. The van der Waals surface area contributed by atoms with Gasteiger partial charge >= 0.3 is 6.18 Å². The molecule has 1 rings (SSSR count). The van der Waals surface area contributed by atoms with Gasteiger partial charge in [0.05, 0.1) is 0 Å². The van der Waals surface area contributed by atoms with Crippen LogP contribution in [-0.2, 0) is 0 Å². The zero-order chi connectivity index (χ0) is 13.6. The Kier molecular flexibility index (Phi) is 6.16. The molecule has 0 aliphatic heterocycles. The van der Waals surface area contributed by atoms with Gasteiger partial charge in [0, 0.05) is 0 Å². The Morgan fingerprint density at radius 3 is 1.71 bits per heavy atom. The third kappa shape index (κ3) is 4.73. The molecule has 1 nitrogen and oxygen atoms in total. The smallest absolute Gasteiger partial charge is 0.295 e. The molecule has 0 amide bonds. The maximum Gasteiger partial charge on any atom is 0.408 e. The van der Waals surface area contributed by atoms with Crippen LogP contribution in [0.15, 0.2) is 24.3 Å². The zero-order valence-corrected chi connectivity index (χ0v) is 10.3.